The fourth-order valence-corrected chi connectivity index (χ4v) is 3.50. The van der Waals surface area contributed by atoms with Crippen LogP contribution in [-0.4, -0.2) is 52.5 Å². The Morgan fingerprint density at radius 3 is 2.24 bits per heavy atom. The molecule has 0 bridgehead atoms. The van der Waals surface area contributed by atoms with Crippen molar-refractivity contribution in [3.63, 3.8) is 0 Å². The van der Waals surface area contributed by atoms with Gasteiger partial charge < -0.3 is 10.2 Å². The molecule has 0 saturated carbocycles. The fourth-order valence-electron chi connectivity index (χ4n) is 2.30. The predicted octanol–water partition coefficient (Wildman–Crippen LogP) is 1.79. The number of hydrogen-bond acceptors (Lipinski definition) is 4. The molecular weight excluding hydrogens is 362 g/mol. The first kappa shape index (κ1) is 23.9. The lowest BCUT2D eigenvalue weighted by Gasteiger charge is -2.25. The number of nitrogens with zero attached hydrogens (tertiary/aromatic N) is 1. The zero-order valence-corrected chi connectivity index (χ0v) is 17.2. The molecule has 0 heterocycles. The van der Waals surface area contributed by atoms with Crippen LogP contribution < -0.4 is 10.0 Å². The molecule has 8 heteroatoms. The van der Waals surface area contributed by atoms with Crippen molar-refractivity contribution in [1.82, 2.24) is 14.9 Å². The van der Waals surface area contributed by atoms with Crippen molar-refractivity contribution in [2.75, 3.05) is 27.2 Å². The molecule has 0 saturated heterocycles. The molecule has 1 amide bonds. The zero-order valence-electron chi connectivity index (χ0n) is 15.6. The van der Waals surface area contributed by atoms with Crippen LogP contribution in [0.3, 0.4) is 0 Å². The van der Waals surface area contributed by atoms with Crippen LogP contribution in [0, 0.1) is 12.8 Å². The van der Waals surface area contributed by atoms with Gasteiger partial charge in [0, 0.05) is 20.1 Å². The first-order valence-corrected chi connectivity index (χ1v) is 9.64. The van der Waals surface area contributed by atoms with Crippen molar-refractivity contribution in [2.24, 2.45) is 5.92 Å². The van der Waals surface area contributed by atoms with Crippen LogP contribution in [0.5, 0.6) is 0 Å². The molecule has 6 nitrogen and oxygen atoms in total. The van der Waals surface area contributed by atoms with Crippen LogP contribution in [0.2, 0.25) is 0 Å². The van der Waals surface area contributed by atoms with E-state index in [1.807, 2.05) is 27.8 Å². The average molecular weight is 392 g/mol. The fraction of sp³-hybridized carbons (Fsp3) is 0.588. The van der Waals surface area contributed by atoms with E-state index in [1.165, 1.54) is 0 Å². The van der Waals surface area contributed by atoms with Gasteiger partial charge in [0.15, 0.2) is 0 Å². The summed E-state index contributed by atoms with van der Waals surface area (Å²) in [7, 11) is -0.237. The number of nitrogens with one attached hydrogen (secondary N) is 2. The summed E-state index contributed by atoms with van der Waals surface area (Å²) in [5.41, 5.74) is 0.982. The number of carbonyl (C=O) groups is 1. The Morgan fingerprint density at radius 1 is 1.20 bits per heavy atom. The van der Waals surface area contributed by atoms with Gasteiger partial charge in [-0.05, 0) is 38.4 Å². The lowest BCUT2D eigenvalue weighted by atomic mass is 10.0. The second-order valence-corrected chi connectivity index (χ2v) is 8.19. The lowest BCUT2D eigenvalue weighted by Crippen LogP contribution is -2.49. The highest BCUT2D eigenvalue weighted by atomic mass is 35.5. The van der Waals surface area contributed by atoms with Crippen molar-refractivity contribution >= 4 is 28.3 Å². The topological polar surface area (TPSA) is 78.5 Å². The number of hydrogen-bond donors (Lipinski definition) is 2. The second-order valence-electron chi connectivity index (χ2n) is 6.48. The molecule has 0 aliphatic heterocycles. The number of likely N-dealkylation sites (N-methyl/N-ethyl adjacent to an activating group) is 2. The molecule has 2 N–H and O–H groups in total. The number of halogens is 1. The highest BCUT2D eigenvalue weighted by molar-refractivity contribution is 7.89. The molecule has 1 atom stereocenters. The van der Waals surface area contributed by atoms with E-state index in [1.54, 1.807) is 36.2 Å². The smallest absolute Gasteiger partial charge is 0.241 e. The Labute approximate surface area is 157 Å². The molecule has 0 fully saturated rings. The number of benzene rings is 1. The molecule has 25 heavy (non-hydrogen) atoms. The van der Waals surface area contributed by atoms with Crippen molar-refractivity contribution in [3.05, 3.63) is 29.8 Å². The molecule has 0 spiro atoms. The van der Waals surface area contributed by atoms with Gasteiger partial charge in [0.05, 0.1) is 4.90 Å². The van der Waals surface area contributed by atoms with Gasteiger partial charge >= 0.3 is 0 Å². The Kier molecular flexibility index (Phi) is 10.3. The van der Waals surface area contributed by atoms with Crippen molar-refractivity contribution in [2.45, 2.75) is 38.1 Å². The highest BCUT2D eigenvalue weighted by Gasteiger charge is 2.28. The highest BCUT2D eigenvalue weighted by Crippen LogP contribution is 2.14. The van der Waals surface area contributed by atoms with Crippen molar-refractivity contribution in [1.29, 1.82) is 0 Å². The molecule has 1 aromatic carbocycles. The van der Waals surface area contributed by atoms with Gasteiger partial charge in [-0.1, -0.05) is 31.5 Å². The summed E-state index contributed by atoms with van der Waals surface area (Å²) in [6.45, 7) is 7.01. The van der Waals surface area contributed by atoms with E-state index < -0.39 is 16.1 Å². The molecule has 1 rings (SSSR count). The van der Waals surface area contributed by atoms with Crippen LogP contribution in [-0.2, 0) is 14.8 Å². The standard InChI is InChI=1S/C17H29N3O3S.ClH/c1-13(2)12-16(17(21)20(5)11-10-18-4)19-24(22,23)15-8-6-14(3)7-9-15;/h6-9,13,16,18-19H,10-12H2,1-5H3;1H. The third kappa shape index (κ3) is 7.73. The minimum Gasteiger partial charge on any atom is -0.343 e. The van der Waals surface area contributed by atoms with E-state index in [2.05, 4.69) is 10.0 Å². The van der Waals surface area contributed by atoms with Crippen LogP contribution in [0.1, 0.15) is 25.8 Å². The lowest BCUT2D eigenvalue weighted by molar-refractivity contribution is -0.132. The molecule has 1 aromatic rings. The summed E-state index contributed by atoms with van der Waals surface area (Å²) >= 11 is 0. The molecule has 0 radical (unpaired) electrons. The van der Waals surface area contributed by atoms with E-state index in [9.17, 15) is 13.2 Å². The summed E-state index contributed by atoms with van der Waals surface area (Å²) < 4.78 is 27.7. The summed E-state index contributed by atoms with van der Waals surface area (Å²) in [5, 5.41) is 2.98. The van der Waals surface area contributed by atoms with E-state index in [0.717, 1.165) is 5.56 Å². The van der Waals surface area contributed by atoms with E-state index in [4.69, 9.17) is 0 Å². The third-order valence-corrected chi connectivity index (χ3v) is 5.19. The van der Waals surface area contributed by atoms with E-state index >= 15 is 0 Å². The van der Waals surface area contributed by atoms with Gasteiger partial charge in [0.2, 0.25) is 15.9 Å². The first-order valence-electron chi connectivity index (χ1n) is 8.16. The summed E-state index contributed by atoms with van der Waals surface area (Å²) in [4.78, 5) is 14.3. The van der Waals surface area contributed by atoms with Gasteiger partial charge in [-0.15, -0.1) is 12.4 Å². The zero-order chi connectivity index (χ0) is 18.3. The Bertz CT molecular complexity index is 633. The van der Waals surface area contributed by atoms with Crippen molar-refractivity contribution < 1.29 is 13.2 Å². The van der Waals surface area contributed by atoms with E-state index in [-0.39, 0.29) is 29.1 Å². The van der Waals surface area contributed by atoms with Crippen molar-refractivity contribution in [3.8, 4) is 0 Å². The number of amides is 1. The maximum absolute atomic E-state index is 12.6. The third-order valence-electron chi connectivity index (χ3n) is 3.71. The Hall–Kier alpha value is -1.15. The average Bonchev–Trinajstić information content (AvgIpc) is 2.51. The largest absolute Gasteiger partial charge is 0.343 e. The summed E-state index contributed by atoms with van der Waals surface area (Å²) in [5.74, 6) is -0.0213. The molecule has 0 aliphatic rings. The second kappa shape index (κ2) is 10.8. The minimum atomic E-state index is -3.73. The van der Waals surface area contributed by atoms with Gasteiger partial charge in [0.1, 0.15) is 6.04 Å². The molecule has 0 aromatic heterocycles. The number of aryl methyl sites for hydroxylation is 1. The molecule has 144 valence electrons. The van der Waals surface area contributed by atoms with Crippen LogP contribution in [0.15, 0.2) is 29.2 Å². The first-order chi connectivity index (χ1) is 11.2. The predicted molar refractivity (Wildman–Crippen MR) is 104 cm³/mol. The van der Waals surface area contributed by atoms with E-state index in [0.29, 0.717) is 19.5 Å². The number of carbonyl (C=O) groups excluding carboxylic acids is 1. The van der Waals surface area contributed by atoms with Crippen LogP contribution in [0.4, 0.5) is 0 Å². The molecule has 1 unspecified atom stereocenters. The number of rotatable bonds is 9. The van der Waals surface area contributed by atoms with Crippen LogP contribution >= 0.6 is 12.4 Å². The monoisotopic (exact) mass is 391 g/mol. The molecule has 0 aliphatic carbocycles. The maximum atomic E-state index is 12.6. The van der Waals surface area contributed by atoms with Crippen LogP contribution in [0.25, 0.3) is 0 Å². The van der Waals surface area contributed by atoms with Gasteiger partial charge in [0.25, 0.3) is 0 Å². The normalized spacial score (nSPS) is 12.6. The maximum Gasteiger partial charge on any atom is 0.241 e. The number of sulfonamides is 1. The van der Waals surface area contributed by atoms with Gasteiger partial charge in [-0.25, -0.2) is 8.42 Å². The summed E-state index contributed by atoms with van der Waals surface area (Å²) in [6.07, 6.45) is 0.452. The summed E-state index contributed by atoms with van der Waals surface area (Å²) in [6, 6.07) is 5.83. The quantitative estimate of drug-likeness (QED) is 0.672. The Balaban J connectivity index is 0.00000576. The SMILES string of the molecule is CNCCN(C)C(=O)C(CC(C)C)NS(=O)(=O)c1ccc(C)cc1.Cl. The van der Waals surface area contributed by atoms with Gasteiger partial charge in [-0.2, -0.15) is 4.72 Å². The van der Waals surface area contributed by atoms with Gasteiger partial charge in [-0.3, -0.25) is 4.79 Å². The molecular formula is C17H30ClN3O3S. The minimum absolute atomic E-state index is 0. The Morgan fingerprint density at radius 2 is 1.76 bits per heavy atom.